The number of fused-ring (bicyclic) bond motifs is 1. The van der Waals surface area contributed by atoms with Crippen LogP contribution in [-0.4, -0.2) is 28.1 Å². The van der Waals surface area contributed by atoms with Crippen molar-refractivity contribution in [2.24, 2.45) is 0 Å². The third kappa shape index (κ3) is 3.74. The van der Waals surface area contributed by atoms with Gasteiger partial charge in [-0.1, -0.05) is 0 Å². The molecular formula is C16H21FN2O2. The van der Waals surface area contributed by atoms with E-state index in [2.05, 4.69) is 4.98 Å². The third-order valence-electron chi connectivity index (χ3n) is 3.10. The lowest BCUT2D eigenvalue weighted by atomic mass is 10.1. The molecule has 0 aliphatic carbocycles. The average molecular weight is 292 g/mol. The summed E-state index contributed by atoms with van der Waals surface area (Å²) in [7, 11) is 0. The van der Waals surface area contributed by atoms with Crippen molar-refractivity contribution in [3.63, 3.8) is 0 Å². The van der Waals surface area contributed by atoms with Gasteiger partial charge in [-0.25, -0.2) is 9.18 Å². The van der Waals surface area contributed by atoms with Crippen LogP contribution in [0.25, 0.3) is 10.9 Å². The van der Waals surface area contributed by atoms with Gasteiger partial charge in [0.2, 0.25) is 0 Å². The number of nitrogens with one attached hydrogen (secondary N) is 1. The van der Waals surface area contributed by atoms with E-state index in [4.69, 9.17) is 4.74 Å². The van der Waals surface area contributed by atoms with E-state index in [0.717, 1.165) is 16.5 Å². The summed E-state index contributed by atoms with van der Waals surface area (Å²) in [4.78, 5) is 16.8. The standard InChI is InChI=1S/C16H21FN2O2/c1-5-19(15(20)21-16(2,3)4)10-12-9-13(17)8-11-6-7-18-14(11)12/h6-9,18H,5,10H2,1-4H3. The normalized spacial score (nSPS) is 11.7. The molecule has 0 saturated carbocycles. The summed E-state index contributed by atoms with van der Waals surface area (Å²) in [5.74, 6) is -0.308. The van der Waals surface area contributed by atoms with Crippen molar-refractivity contribution in [1.82, 2.24) is 9.88 Å². The fourth-order valence-corrected chi connectivity index (χ4v) is 2.17. The monoisotopic (exact) mass is 292 g/mol. The largest absolute Gasteiger partial charge is 0.444 e. The predicted molar refractivity (Wildman–Crippen MR) is 80.6 cm³/mol. The van der Waals surface area contributed by atoms with Gasteiger partial charge < -0.3 is 14.6 Å². The summed E-state index contributed by atoms with van der Waals surface area (Å²) in [6.07, 6.45) is 1.37. The molecule has 1 aromatic heterocycles. The number of hydrogen-bond donors (Lipinski definition) is 1. The number of amides is 1. The van der Waals surface area contributed by atoms with Crippen molar-refractivity contribution in [2.75, 3.05) is 6.54 Å². The van der Waals surface area contributed by atoms with Crippen LogP contribution < -0.4 is 0 Å². The van der Waals surface area contributed by atoms with Gasteiger partial charge in [-0.05, 0) is 51.5 Å². The van der Waals surface area contributed by atoms with E-state index < -0.39 is 11.7 Å². The highest BCUT2D eigenvalue weighted by Gasteiger charge is 2.22. The zero-order chi connectivity index (χ0) is 15.6. The lowest BCUT2D eigenvalue weighted by Gasteiger charge is -2.26. The quantitative estimate of drug-likeness (QED) is 0.927. The molecule has 4 nitrogen and oxygen atoms in total. The minimum atomic E-state index is -0.547. The first-order valence-corrected chi connectivity index (χ1v) is 7.03. The Bertz CT molecular complexity index is 643. The second kappa shape index (κ2) is 5.76. The molecule has 1 heterocycles. The first kappa shape index (κ1) is 15.4. The van der Waals surface area contributed by atoms with Gasteiger partial charge >= 0.3 is 6.09 Å². The van der Waals surface area contributed by atoms with E-state index in [1.807, 2.05) is 33.8 Å². The molecule has 0 fully saturated rings. The van der Waals surface area contributed by atoms with E-state index in [9.17, 15) is 9.18 Å². The first-order valence-electron chi connectivity index (χ1n) is 7.03. The number of benzene rings is 1. The molecule has 21 heavy (non-hydrogen) atoms. The second-order valence-corrected chi connectivity index (χ2v) is 6.00. The smallest absolute Gasteiger partial charge is 0.410 e. The molecule has 2 aromatic rings. The van der Waals surface area contributed by atoms with Gasteiger partial charge in [0.05, 0.1) is 12.1 Å². The van der Waals surface area contributed by atoms with Crippen LogP contribution >= 0.6 is 0 Å². The number of nitrogens with zero attached hydrogens (tertiary/aromatic N) is 1. The number of rotatable bonds is 3. The summed E-state index contributed by atoms with van der Waals surface area (Å²) in [6.45, 7) is 8.14. The van der Waals surface area contributed by atoms with E-state index in [1.165, 1.54) is 12.1 Å². The number of aromatic amines is 1. The van der Waals surface area contributed by atoms with Crippen molar-refractivity contribution < 1.29 is 13.9 Å². The molecule has 0 radical (unpaired) electrons. The highest BCUT2D eigenvalue weighted by atomic mass is 19.1. The molecule has 1 N–H and O–H groups in total. The number of carbonyl (C=O) groups excluding carboxylic acids is 1. The summed E-state index contributed by atoms with van der Waals surface area (Å²) in [6, 6.07) is 4.73. The van der Waals surface area contributed by atoms with E-state index in [1.54, 1.807) is 11.1 Å². The van der Waals surface area contributed by atoms with E-state index in [0.29, 0.717) is 13.1 Å². The molecule has 0 unspecified atom stereocenters. The molecule has 1 aromatic carbocycles. The molecule has 0 aliphatic heterocycles. The number of H-pyrrole nitrogens is 1. The second-order valence-electron chi connectivity index (χ2n) is 6.00. The Hall–Kier alpha value is -2.04. The summed E-state index contributed by atoms with van der Waals surface area (Å²) >= 11 is 0. The minimum Gasteiger partial charge on any atom is -0.444 e. The molecule has 114 valence electrons. The highest BCUT2D eigenvalue weighted by Crippen LogP contribution is 2.21. The van der Waals surface area contributed by atoms with Crippen LogP contribution in [0.2, 0.25) is 0 Å². The third-order valence-corrected chi connectivity index (χ3v) is 3.10. The van der Waals surface area contributed by atoms with Gasteiger partial charge in [0.1, 0.15) is 11.4 Å². The number of carbonyl (C=O) groups is 1. The lowest BCUT2D eigenvalue weighted by Crippen LogP contribution is -2.36. The number of ether oxygens (including phenoxy) is 1. The maximum Gasteiger partial charge on any atom is 0.410 e. The SMILES string of the molecule is CCN(Cc1cc(F)cc2cc[nH]c12)C(=O)OC(C)(C)C. The van der Waals surface area contributed by atoms with Crippen molar-refractivity contribution in [1.29, 1.82) is 0 Å². The Morgan fingerprint density at radius 3 is 2.71 bits per heavy atom. The van der Waals surface area contributed by atoms with Crippen LogP contribution in [0, 0.1) is 5.82 Å². The van der Waals surface area contributed by atoms with Crippen LogP contribution in [0.15, 0.2) is 24.4 Å². The molecule has 5 heteroatoms. The molecule has 2 rings (SSSR count). The van der Waals surface area contributed by atoms with Gasteiger partial charge in [0.15, 0.2) is 0 Å². The van der Waals surface area contributed by atoms with Gasteiger partial charge in [-0.2, -0.15) is 0 Å². The topological polar surface area (TPSA) is 45.3 Å². The molecular weight excluding hydrogens is 271 g/mol. The molecule has 1 amide bonds. The number of aromatic nitrogens is 1. The molecule has 0 bridgehead atoms. The van der Waals surface area contributed by atoms with Crippen molar-refractivity contribution in [2.45, 2.75) is 39.8 Å². The zero-order valence-electron chi connectivity index (χ0n) is 12.9. The summed E-state index contributed by atoms with van der Waals surface area (Å²) < 4.78 is 19.0. The van der Waals surface area contributed by atoms with Crippen molar-refractivity contribution in [3.8, 4) is 0 Å². The fourth-order valence-electron chi connectivity index (χ4n) is 2.17. The summed E-state index contributed by atoms with van der Waals surface area (Å²) in [5.41, 5.74) is 1.04. The maximum absolute atomic E-state index is 13.7. The van der Waals surface area contributed by atoms with E-state index in [-0.39, 0.29) is 5.82 Å². The number of halogens is 1. The molecule has 0 aliphatic rings. The predicted octanol–water partition coefficient (Wildman–Crippen LogP) is 4.06. The Balaban J connectivity index is 2.24. The van der Waals surface area contributed by atoms with Crippen molar-refractivity contribution in [3.05, 3.63) is 35.8 Å². The van der Waals surface area contributed by atoms with E-state index >= 15 is 0 Å². The van der Waals surface area contributed by atoms with Crippen LogP contribution in [-0.2, 0) is 11.3 Å². The minimum absolute atomic E-state index is 0.306. The first-order chi connectivity index (χ1) is 9.80. The molecule has 0 atom stereocenters. The Morgan fingerprint density at radius 1 is 1.38 bits per heavy atom. The number of hydrogen-bond acceptors (Lipinski definition) is 2. The van der Waals surface area contributed by atoms with Gasteiger partial charge in [0.25, 0.3) is 0 Å². The van der Waals surface area contributed by atoms with Crippen molar-refractivity contribution >= 4 is 17.0 Å². The fraction of sp³-hybridized carbons (Fsp3) is 0.438. The van der Waals surface area contributed by atoms with Crippen LogP contribution in [0.5, 0.6) is 0 Å². The lowest BCUT2D eigenvalue weighted by molar-refractivity contribution is 0.0245. The highest BCUT2D eigenvalue weighted by molar-refractivity contribution is 5.83. The average Bonchev–Trinajstić information content (AvgIpc) is 2.81. The van der Waals surface area contributed by atoms with Crippen LogP contribution in [0.3, 0.4) is 0 Å². The Kier molecular flexibility index (Phi) is 4.21. The molecule has 0 spiro atoms. The summed E-state index contributed by atoms with van der Waals surface area (Å²) in [5, 5.41) is 0.797. The van der Waals surface area contributed by atoms with Crippen LogP contribution in [0.4, 0.5) is 9.18 Å². The molecule has 0 saturated heterocycles. The van der Waals surface area contributed by atoms with Crippen LogP contribution in [0.1, 0.15) is 33.3 Å². The Labute approximate surface area is 123 Å². The maximum atomic E-state index is 13.7. The van der Waals surface area contributed by atoms with Gasteiger partial charge in [0, 0.05) is 18.1 Å². The van der Waals surface area contributed by atoms with Gasteiger partial charge in [-0.15, -0.1) is 0 Å². The zero-order valence-corrected chi connectivity index (χ0v) is 12.9. The Morgan fingerprint density at radius 2 is 2.10 bits per heavy atom. The van der Waals surface area contributed by atoms with Gasteiger partial charge in [-0.3, -0.25) is 0 Å².